The molecule has 0 amide bonds. The predicted molar refractivity (Wildman–Crippen MR) is 68.0 cm³/mol. The highest BCUT2D eigenvalue weighted by Crippen LogP contribution is 2.44. The van der Waals surface area contributed by atoms with E-state index >= 15 is 0 Å². The molecule has 0 spiro atoms. The van der Waals surface area contributed by atoms with Crippen LogP contribution in [0.3, 0.4) is 0 Å². The van der Waals surface area contributed by atoms with Crippen molar-refractivity contribution in [1.82, 2.24) is 0 Å². The van der Waals surface area contributed by atoms with E-state index in [-0.39, 0.29) is 5.41 Å². The minimum absolute atomic E-state index is 0.177. The maximum atomic E-state index is 6.02. The van der Waals surface area contributed by atoms with Crippen molar-refractivity contribution in [1.29, 1.82) is 0 Å². The van der Waals surface area contributed by atoms with Gasteiger partial charge in [-0.1, -0.05) is 13.8 Å². The van der Waals surface area contributed by atoms with Gasteiger partial charge in [-0.05, 0) is 19.3 Å². The van der Waals surface area contributed by atoms with E-state index in [1.807, 2.05) is 0 Å². The van der Waals surface area contributed by atoms with Crippen LogP contribution in [0.1, 0.15) is 33.1 Å². The Morgan fingerprint density at radius 1 is 1.24 bits per heavy atom. The molecule has 4 nitrogen and oxygen atoms in total. The molecule has 17 heavy (non-hydrogen) atoms. The van der Waals surface area contributed by atoms with E-state index in [2.05, 4.69) is 13.8 Å². The van der Waals surface area contributed by atoms with Crippen molar-refractivity contribution in [2.24, 2.45) is 11.1 Å². The monoisotopic (exact) mass is 245 g/mol. The van der Waals surface area contributed by atoms with Crippen LogP contribution in [0.4, 0.5) is 0 Å². The van der Waals surface area contributed by atoms with Crippen molar-refractivity contribution in [3.63, 3.8) is 0 Å². The molecule has 0 aromatic carbocycles. The van der Waals surface area contributed by atoms with Crippen LogP contribution in [-0.4, -0.2) is 45.7 Å². The summed E-state index contributed by atoms with van der Waals surface area (Å²) in [6.45, 7) is 7.23. The first-order chi connectivity index (χ1) is 8.15. The first kappa shape index (κ1) is 14.9. The average Bonchev–Trinajstić information content (AvgIpc) is 2.35. The molecule has 0 bridgehead atoms. The molecule has 0 radical (unpaired) electrons. The Balaban J connectivity index is 2.00. The van der Waals surface area contributed by atoms with Crippen LogP contribution < -0.4 is 5.73 Å². The first-order valence-corrected chi connectivity index (χ1v) is 6.59. The Morgan fingerprint density at radius 2 is 2.00 bits per heavy atom. The highest BCUT2D eigenvalue weighted by molar-refractivity contribution is 5.02. The van der Waals surface area contributed by atoms with Gasteiger partial charge < -0.3 is 19.9 Å². The smallest absolute Gasteiger partial charge is 0.0700 e. The van der Waals surface area contributed by atoms with Gasteiger partial charge in [-0.2, -0.15) is 0 Å². The number of nitrogens with two attached hydrogens (primary N) is 1. The molecule has 0 aromatic heterocycles. The summed E-state index contributed by atoms with van der Waals surface area (Å²) in [5.74, 6) is 0. The quantitative estimate of drug-likeness (QED) is 0.627. The molecular weight excluding hydrogens is 218 g/mol. The Bertz CT molecular complexity index is 213. The Kier molecular flexibility index (Phi) is 6.41. The molecule has 0 aliphatic heterocycles. The molecule has 3 atom stereocenters. The summed E-state index contributed by atoms with van der Waals surface area (Å²) in [5, 5.41) is 0. The highest BCUT2D eigenvalue weighted by Gasteiger charge is 2.49. The molecule has 1 aliphatic rings. The van der Waals surface area contributed by atoms with Gasteiger partial charge in [0.25, 0.3) is 0 Å². The van der Waals surface area contributed by atoms with E-state index in [4.69, 9.17) is 19.9 Å². The summed E-state index contributed by atoms with van der Waals surface area (Å²) in [7, 11) is 1.68. The lowest BCUT2D eigenvalue weighted by atomic mass is 9.62. The SMILES string of the molecule is CCC1(C)C(N)CC1OCCCOCCOC. The molecule has 1 rings (SSSR count). The molecule has 1 fully saturated rings. The standard InChI is InChI=1S/C13H27NO3/c1-4-13(2)11(14)10-12(13)17-7-5-6-16-9-8-15-3/h11-12H,4-10,14H2,1-3H3. The van der Waals surface area contributed by atoms with Crippen LogP contribution in [-0.2, 0) is 14.2 Å². The van der Waals surface area contributed by atoms with Gasteiger partial charge in [0.1, 0.15) is 0 Å². The lowest BCUT2D eigenvalue weighted by molar-refractivity contribution is -0.121. The molecular formula is C13H27NO3. The third kappa shape index (κ3) is 3.91. The van der Waals surface area contributed by atoms with Gasteiger partial charge in [-0.3, -0.25) is 0 Å². The van der Waals surface area contributed by atoms with Gasteiger partial charge in [-0.25, -0.2) is 0 Å². The third-order valence-corrected chi connectivity index (χ3v) is 4.00. The topological polar surface area (TPSA) is 53.7 Å². The third-order valence-electron chi connectivity index (χ3n) is 4.00. The fourth-order valence-corrected chi connectivity index (χ4v) is 2.23. The number of hydrogen-bond donors (Lipinski definition) is 1. The van der Waals surface area contributed by atoms with E-state index in [9.17, 15) is 0 Å². The largest absolute Gasteiger partial charge is 0.382 e. The number of rotatable bonds is 9. The Morgan fingerprint density at radius 3 is 2.59 bits per heavy atom. The van der Waals surface area contributed by atoms with Gasteiger partial charge in [0.05, 0.1) is 19.3 Å². The molecule has 4 heteroatoms. The van der Waals surface area contributed by atoms with Crippen LogP contribution in [0, 0.1) is 5.41 Å². The van der Waals surface area contributed by atoms with Crippen molar-refractivity contribution >= 4 is 0 Å². The number of methoxy groups -OCH3 is 1. The summed E-state index contributed by atoms with van der Waals surface area (Å²) in [5.41, 5.74) is 6.20. The Hall–Kier alpha value is -0.160. The fraction of sp³-hybridized carbons (Fsp3) is 1.00. The van der Waals surface area contributed by atoms with Gasteiger partial charge in [0, 0.05) is 31.8 Å². The number of hydrogen-bond acceptors (Lipinski definition) is 4. The second kappa shape index (κ2) is 7.31. The molecule has 2 N–H and O–H groups in total. The van der Waals surface area contributed by atoms with E-state index in [1.165, 1.54) is 0 Å². The van der Waals surface area contributed by atoms with Crippen molar-refractivity contribution in [3.8, 4) is 0 Å². The van der Waals surface area contributed by atoms with Crippen molar-refractivity contribution in [2.45, 2.75) is 45.3 Å². The van der Waals surface area contributed by atoms with Crippen LogP contribution >= 0.6 is 0 Å². The average molecular weight is 245 g/mol. The zero-order chi connectivity index (χ0) is 12.7. The molecule has 102 valence electrons. The number of ether oxygens (including phenoxy) is 3. The molecule has 1 aliphatic carbocycles. The lowest BCUT2D eigenvalue weighted by Gasteiger charge is -2.51. The minimum Gasteiger partial charge on any atom is -0.382 e. The molecule has 0 saturated heterocycles. The van der Waals surface area contributed by atoms with Crippen LogP contribution in [0.15, 0.2) is 0 Å². The second-order valence-corrected chi connectivity index (χ2v) is 5.02. The van der Waals surface area contributed by atoms with Crippen LogP contribution in [0.2, 0.25) is 0 Å². The van der Waals surface area contributed by atoms with E-state index in [1.54, 1.807) is 7.11 Å². The summed E-state index contributed by atoms with van der Waals surface area (Å²) < 4.78 is 16.1. The maximum absolute atomic E-state index is 6.02. The molecule has 0 aromatic rings. The summed E-state index contributed by atoms with van der Waals surface area (Å²) >= 11 is 0. The molecule has 1 saturated carbocycles. The summed E-state index contributed by atoms with van der Waals surface area (Å²) in [6, 6.07) is 0.301. The van der Waals surface area contributed by atoms with Gasteiger partial charge in [-0.15, -0.1) is 0 Å². The van der Waals surface area contributed by atoms with E-state index in [0.29, 0.717) is 25.4 Å². The zero-order valence-corrected chi connectivity index (χ0v) is 11.4. The Labute approximate surface area is 105 Å². The lowest BCUT2D eigenvalue weighted by Crippen LogP contribution is -2.60. The van der Waals surface area contributed by atoms with E-state index in [0.717, 1.165) is 32.5 Å². The molecule has 0 heterocycles. The van der Waals surface area contributed by atoms with Crippen LogP contribution in [0.5, 0.6) is 0 Å². The maximum Gasteiger partial charge on any atom is 0.0700 e. The van der Waals surface area contributed by atoms with E-state index < -0.39 is 0 Å². The predicted octanol–water partition coefficient (Wildman–Crippen LogP) is 1.57. The van der Waals surface area contributed by atoms with Gasteiger partial charge >= 0.3 is 0 Å². The highest BCUT2D eigenvalue weighted by atomic mass is 16.5. The van der Waals surface area contributed by atoms with Crippen LogP contribution in [0.25, 0.3) is 0 Å². The zero-order valence-electron chi connectivity index (χ0n) is 11.4. The first-order valence-electron chi connectivity index (χ1n) is 6.59. The van der Waals surface area contributed by atoms with Crippen molar-refractivity contribution in [2.75, 3.05) is 33.5 Å². The summed E-state index contributed by atoms with van der Waals surface area (Å²) in [6.07, 6.45) is 3.36. The normalized spacial score (nSPS) is 32.5. The minimum atomic E-state index is 0.177. The van der Waals surface area contributed by atoms with Crippen molar-refractivity contribution < 1.29 is 14.2 Å². The fourth-order valence-electron chi connectivity index (χ4n) is 2.23. The van der Waals surface area contributed by atoms with Crippen molar-refractivity contribution in [3.05, 3.63) is 0 Å². The molecule has 3 unspecified atom stereocenters. The second-order valence-electron chi connectivity index (χ2n) is 5.02. The van der Waals surface area contributed by atoms with Gasteiger partial charge in [0.2, 0.25) is 0 Å². The summed E-state index contributed by atoms with van der Waals surface area (Å²) in [4.78, 5) is 0. The van der Waals surface area contributed by atoms with Gasteiger partial charge in [0.15, 0.2) is 0 Å².